The highest BCUT2D eigenvalue weighted by atomic mass is 16.5. The van der Waals surface area contributed by atoms with Gasteiger partial charge in [-0.3, -0.25) is 4.79 Å². The summed E-state index contributed by atoms with van der Waals surface area (Å²) in [5, 5.41) is 11.7. The summed E-state index contributed by atoms with van der Waals surface area (Å²) in [7, 11) is 0. The van der Waals surface area contributed by atoms with Crippen molar-refractivity contribution in [3.63, 3.8) is 0 Å². The summed E-state index contributed by atoms with van der Waals surface area (Å²) >= 11 is 0. The van der Waals surface area contributed by atoms with Crippen LogP contribution in [0.2, 0.25) is 0 Å². The minimum absolute atomic E-state index is 0.126. The number of carboxylic acids is 1. The zero-order valence-corrected chi connectivity index (χ0v) is 14.5. The highest BCUT2D eigenvalue weighted by molar-refractivity contribution is 5.94. The number of ether oxygens (including phenoxy) is 1. The van der Waals surface area contributed by atoms with Crippen molar-refractivity contribution in [2.75, 3.05) is 6.54 Å². The van der Waals surface area contributed by atoms with Crippen LogP contribution in [0, 0.1) is 0 Å². The van der Waals surface area contributed by atoms with Gasteiger partial charge in [-0.25, -0.2) is 4.79 Å². The van der Waals surface area contributed by atoms with Crippen molar-refractivity contribution in [2.24, 2.45) is 0 Å². The van der Waals surface area contributed by atoms with Crippen LogP contribution in [0.5, 0.6) is 0 Å². The molecular weight excluding hydrogens is 318 g/mol. The summed E-state index contributed by atoms with van der Waals surface area (Å²) in [5.74, 6) is -1.07. The first kappa shape index (κ1) is 18.7. The number of aromatic carboxylic acids is 1. The molecule has 0 spiro atoms. The maximum absolute atomic E-state index is 12.1. The van der Waals surface area contributed by atoms with Crippen molar-refractivity contribution in [1.29, 1.82) is 0 Å². The molecule has 0 fully saturated rings. The molecule has 0 aliphatic rings. The Hall–Kier alpha value is -2.66. The van der Waals surface area contributed by atoms with Crippen molar-refractivity contribution >= 4 is 11.9 Å². The molecule has 2 rings (SSSR count). The SMILES string of the molecule is CC(C)OCc1ccc(C(=O)NCCc2ccc(C(=O)O)cc2)cc1. The topological polar surface area (TPSA) is 75.6 Å². The third-order valence-electron chi connectivity index (χ3n) is 3.70. The van der Waals surface area contributed by atoms with Gasteiger partial charge in [0.05, 0.1) is 18.3 Å². The molecule has 132 valence electrons. The Balaban J connectivity index is 1.80. The van der Waals surface area contributed by atoms with Crippen LogP contribution in [0.25, 0.3) is 0 Å². The van der Waals surface area contributed by atoms with Crippen LogP contribution in [0.4, 0.5) is 0 Å². The third-order valence-corrected chi connectivity index (χ3v) is 3.70. The van der Waals surface area contributed by atoms with Gasteiger partial charge in [0.1, 0.15) is 0 Å². The average Bonchev–Trinajstić information content (AvgIpc) is 2.60. The molecular formula is C20H23NO4. The zero-order valence-electron chi connectivity index (χ0n) is 14.5. The maximum atomic E-state index is 12.1. The number of benzene rings is 2. The molecule has 0 heterocycles. The lowest BCUT2D eigenvalue weighted by molar-refractivity contribution is 0.0656. The minimum Gasteiger partial charge on any atom is -0.478 e. The molecule has 0 saturated carbocycles. The lowest BCUT2D eigenvalue weighted by Gasteiger charge is -2.09. The smallest absolute Gasteiger partial charge is 0.335 e. The van der Waals surface area contributed by atoms with Gasteiger partial charge < -0.3 is 15.2 Å². The number of amides is 1. The van der Waals surface area contributed by atoms with Gasteiger partial charge in [0, 0.05) is 12.1 Å². The van der Waals surface area contributed by atoms with Crippen LogP contribution in [0.15, 0.2) is 48.5 Å². The summed E-state index contributed by atoms with van der Waals surface area (Å²) in [6.07, 6.45) is 0.818. The van der Waals surface area contributed by atoms with E-state index in [2.05, 4.69) is 5.32 Å². The number of hydrogen-bond donors (Lipinski definition) is 2. The van der Waals surface area contributed by atoms with Crippen molar-refractivity contribution < 1.29 is 19.4 Å². The number of hydrogen-bond acceptors (Lipinski definition) is 3. The van der Waals surface area contributed by atoms with Crippen LogP contribution >= 0.6 is 0 Å². The molecule has 1 amide bonds. The Morgan fingerprint density at radius 2 is 1.52 bits per heavy atom. The number of rotatable bonds is 8. The van der Waals surface area contributed by atoms with Crippen LogP contribution in [0.3, 0.4) is 0 Å². The van der Waals surface area contributed by atoms with E-state index in [0.717, 1.165) is 11.1 Å². The first-order valence-electron chi connectivity index (χ1n) is 8.26. The fraction of sp³-hybridized carbons (Fsp3) is 0.300. The fourth-order valence-corrected chi connectivity index (χ4v) is 2.25. The number of carboxylic acid groups (broad SMARTS) is 1. The second-order valence-electron chi connectivity index (χ2n) is 6.06. The van der Waals surface area contributed by atoms with Crippen molar-refractivity contribution in [2.45, 2.75) is 33.0 Å². The summed E-state index contributed by atoms with van der Waals surface area (Å²) in [6.45, 7) is 4.99. The monoisotopic (exact) mass is 341 g/mol. The summed E-state index contributed by atoms with van der Waals surface area (Å²) < 4.78 is 5.53. The molecule has 0 aliphatic heterocycles. The second-order valence-corrected chi connectivity index (χ2v) is 6.06. The van der Waals surface area contributed by atoms with E-state index >= 15 is 0 Å². The molecule has 25 heavy (non-hydrogen) atoms. The molecule has 2 N–H and O–H groups in total. The molecule has 0 aromatic heterocycles. The number of carbonyl (C=O) groups is 2. The highest BCUT2D eigenvalue weighted by Crippen LogP contribution is 2.08. The van der Waals surface area contributed by atoms with Crippen LogP contribution in [0.1, 0.15) is 45.7 Å². The molecule has 2 aromatic carbocycles. The van der Waals surface area contributed by atoms with Gasteiger partial charge in [-0.15, -0.1) is 0 Å². The summed E-state index contributed by atoms with van der Waals surface area (Å²) in [6, 6.07) is 14.0. The molecule has 2 aromatic rings. The first-order chi connectivity index (χ1) is 12.0. The van der Waals surface area contributed by atoms with Gasteiger partial charge in [-0.05, 0) is 55.7 Å². The summed E-state index contributed by atoms with van der Waals surface area (Å²) in [5.41, 5.74) is 2.87. The quantitative estimate of drug-likeness (QED) is 0.772. The standard InChI is InChI=1S/C20H23NO4/c1-14(2)25-13-16-5-7-17(8-6-16)19(22)21-12-11-15-3-9-18(10-4-15)20(23)24/h3-10,14H,11-13H2,1-2H3,(H,21,22)(H,23,24). The molecule has 0 saturated heterocycles. The Morgan fingerprint density at radius 1 is 0.960 bits per heavy atom. The molecule has 0 bridgehead atoms. The van der Waals surface area contributed by atoms with E-state index in [1.165, 1.54) is 0 Å². The van der Waals surface area contributed by atoms with Crippen molar-refractivity contribution in [1.82, 2.24) is 5.32 Å². The largest absolute Gasteiger partial charge is 0.478 e. The lowest BCUT2D eigenvalue weighted by Crippen LogP contribution is -2.25. The van der Waals surface area contributed by atoms with Gasteiger partial charge >= 0.3 is 5.97 Å². The van der Waals surface area contributed by atoms with Gasteiger partial charge in [-0.2, -0.15) is 0 Å². The summed E-state index contributed by atoms with van der Waals surface area (Å²) in [4.78, 5) is 22.9. The molecule has 0 radical (unpaired) electrons. The predicted octanol–water partition coefficient (Wildman–Crippen LogP) is 3.28. The molecule has 5 heteroatoms. The molecule has 0 unspecified atom stereocenters. The number of carbonyl (C=O) groups excluding carboxylic acids is 1. The zero-order chi connectivity index (χ0) is 18.2. The van der Waals surface area contributed by atoms with E-state index in [1.54, 1.807) is 36.4 Å². The van der Waals surface area contributed by atoms with Crippen molar-refractivity contribution in [3.8, 4) is 0 Å². The maximum Gasteiger partial charge on any atom is 0.335 e. The molecule has 0 aliphatic carbocycles. The van der Waals surface area contributed by atoms with E-state index in [0.29, 0.717) is 25.1 Å². The fourth-order valence-electron chi connectivity index (χ4n) is 2.25. The van der Waals surface area contributed by atoms with Gasteiger partial charge in [-0.1, -0.05) is 24.3 Å². The van der Waals surface area contributed by atoms with Crippen LogP contribution < -0.4 is 5.32 Å². The van der Waals surface area contributed by atoms with E-state index in [9.17, 15) is 9.59 Å². The second kappa shape index (κ2) is 8.99. The van der Waals surface area contributed by atoms with Crippen LogP contribution in [-0.2, 0) is 17.8 Å². The molecule has 0 atom stereocenters. The third kappa shape index (κ3) is 6.04. The van der Waals surface area contributed by atoms with Crippen LogP contribution in [-0.4, -0.2) is 29.6 Å². The Morgan fingerprint density at radius 3 is 2.08 bits per heavy atom. The normalized spacial score (nSPS) is 10.7. The Labute approximate surface area is 147 Å². The van der Waals surface area contributed by atoms with Crippen molar-refractivity contribution in [3.05, 3.63) is 70.8 Å². The van der Waals surface area contributed by atoms with E-state index in [4.69, 9.17) is 9.84 Å². The van der Waals surface area contributed by atoms with E-state index < -0.39 is 5.97 Å². The number of nitrogens with one attached hydrogen (secondary N) is 1. The minimum atomic E-state index is -0.943. The highest BCUT2D eigenvalue weighted by Gasteiger charge is 2.06. The van der Waals surface area contributed by atoms with E-state index in [-0.39, 0.29) is 17.6 Å². The van der Waals surface area contributed by atoms with E-state index in [1.807, 2.05) is 26.0 Å². The van der Waals surface area contributed by atoms with Gasteiger partial charge in [0.15, 0.2) is 0 Å². The van der Waals surface area contributed by atoms with Gasteiger partial charge in [0.2, 0.25) is 0 Å². The lowest BCUT2D eigenvalue weighted by atomic mass is 10.1. The molecule has 5 nitrogen and oxygen atoms in total. The van der Waals surface area contributed by atoms with Gasteiger partial charge in [0.25, 0.3) is 5.91 Å². The first-order valence-corrected chi connectivity index (χ1v) is 8.26. The predicted molar refractivity (Wildman–Crippen MR) is 95.8 cm³/mol. The Bertz CT molecular complexity index is 705. The Kier molecular flexibility index (Phi) is 6.71. The average molecular weight is 341 g/mol.